The van der Waals surface area contributed by atoms with E-state index in [4.69, 9.17) is 14.9 Å². The van der Waals surface area contributed by atoms with Gasteiger partial charge in [-0.15, -0.1) is 0 Å². The molecule has 1 heterocycles. The Bertz CT molecular complexity index is 522. The van der Waals surface area contributed by atoms with Crippen LogP contribution >= 0.6 is 15.9 Å². The van der Waals surface area contributed by atoms with Crippen molar-refractivity contribution in [2.45, 2.75) is 26.0 Å². The lowest BCUT2D eigenvalue weighted by atomic mass is 10.1. The largest absolute Gasteiger partial charge is 0.491 e. The van der Waals surface area contributed by atoms with E-state index in [2.05, 4.69) is 15.9 Å². The number of hydrogen-bond acceptors (Lipinski definition) is 3. The van der Waals surface area contributed by atoms with Gasteiger partial charge in [-0.05, 0) is 53.5 Å². The van der Waals surface area contributed by atoms with Crippen molar-refractivity contribution in [3.63, 3.8) is 0 Å². The number of nitrogens with two attached hydrogens (primary N) is 1. The minimum atomic E-state index is -0.301. The molecule has 0 spiro atoms. The molecule has 3 nitrogen and oxygen atoms in total. The summed E-state index contributed by atoms with van der Waals surface area (Å²) in [6.45, 7) is 3.99. The summed E-state index contributed by atoms with van der Waals surface area (Å²) in [5, 5.41) is 0. The zero-order valence-corrected chi connectivity index (χ0v) is 12.0. The van der Waals surface area contributed by atoms with E-state index in [-0.39, 0.29) is 12.1 Å². The number of furan rings is 1. The average Bonchev–Trinajstić information content (AvgIpc) is 2.74. The van der Waals surface area contributed by atoms with Gasteiger partial charge < -0.3 is 14.9 Å². The van der Waals surface area contributed by atoms with Gasteiger partial charge in [0.15, 0.2) is 0 Å². The minimum absolute atomic E-state index is 0.145. The lowest BCUT2D eigenvalue weighted by Crippen LogP contribution is -2.12. The molecule has 0 saturated carbocycles. The quantitative estimate of drug-likeness (QED) is 0.932. The van der Waals surface area contributed by atoms with Gasteiger partial charge in [0.1, 0.15) is 11.5 Å². The molecule has 1 aromatic heterocycles. The molecule has 0 aliphatic heterocycles. The van der Waals surface area contributed by atoms with Crippen molar-refractivity contribution >= 4 is 15.9 Å². The molecule has 1 unspecified atom stereocenters. The molecule has 0 saturated heterocycles. The third-order valence-electron chi connectivity index (χ3n) is 2.52. The summed E-state index contributed by atoms with van der Waals surface area (Å²) in [4.78, 5) is 0. The van der Waals surface area contributed by atoms with Crippen LogP contribution < -0.4 is 10.5 Å². The summed E-state index contributed by atoms with van der Waals surface area (Å²) in [6, 6.07) is 9.30. The molecular formula is C14H16BrNO2. The van der Waals surface area contributed by atoms with Crippen LogP contribution in [-0.2, 0) is 0 Å². The van der Waals surface area contributed by atoms with Crippen LogP contribution in [0.15, 0.2) is 45.5 Å². The number of rotatable bonds is 4. The van der Waals surface area contributed by atoms with Gasteiger partial charge in [0, 0.05) is 0 Å². The molecule has 18 heavy (non-hydrogen) atoms. The maximum absolute atomic E-state index is 6.18. The molecule has 0 fully saturated rings. The van der Waals surface area contributed by atoms with Gasteiger partial charge in [0.25, 0.3) is 0 Å². The zero-order valence-electron chi connectivity index (χ0n) is 10.4. The first-order valence-electron chi connectivity index (χ1n) is 5.83. The number of benzene rings is 1. The monoisotopic (exact) mass is 309 g/mol. The van der Waals surface area contributed by atoms with Gasteiger partial charge in [-0.2, -0.15) is 0 Å². The third kappa shape index (κ3) is 2.94. The second-order valence-corrected chi connectivity index (χ2v) is 5.20. The normalized spacial score (nSPS) is 12.7. The summed E-state index contributed by atoms with van der Waals surface area (Å²) >= 11 is 3.42. The van der Waals surface area contributed by atoms with Gasteiger partial charge in [0.05, 0.1) is 22.9 Å². The molecule has 0 bridgehead atoms. The predicted molar refractivity (Wildman–Crippen MR) is 74.6 cm³/mol. The van der Waals surface area contributed by atoms with E-state index in [0.717, 1.165) is 21.5 Å². The second-order valence-electron chi connectivity index (χ2n) is 4.35. The molecule has 2 aromatic rings. The Morgan fingerprint density at radius 3 is 2.67 bits per heavy atom. The van der Waals surface area contributed by atoms with Crippen molar-refractivity contribution in [1.82, 2.24) is 0 Å². The van der Waals surface area contributed by atoms with Gasteiger partial charge in [-0.1, -0.05) is 12.1 Å². The van der Waals surface area contributed by atoms with Crippen LogP contribution in [0.5, 0.6) is 5.75 Å². The van der Waals surface area contributed by atoms with E-state index < -0.39 is 0 Å². The van der Waals surface area contributed by atoms with Crippen LogP contribution in [0.2, 0.25) is 0 Å². The molecule has 4 heteroatoms. The van der Waals surface area contributed by atoms with E-state index in [1.54, 1.807) is 6.26 Å². The van der Waals surface area contributed by atoms with Gasteiger partial charge in [-0.3, -0.25) is 0 Å². The molecule has 1 atom stereocenters. The van der Waals surface area contributed by atoms with Crippen molar-refractivity contribution in [1.29, 1.82) is 0 Å². The Hall–Kier alpha value is -1.26. The Labute approximate surface area is 115 Å². The fraction of sp³-hybridized carbons (Fsp3) is 0.286. The molecule has 2 N–H and O–H groups in total. The lowest BCUT2D eigenvalue weighted by Gasteiger charge is -2.14. The number of halogens is 1. The summed E-state index contributed by atoms with van der Waals surface area (Å²) in [5.41, 5.74) is 7.14. The first-order valence-corrected chi connectivity index (χ1v) is 6.62. The van der Waals surface area contributed by atoms with Gasteiger partial charge in [-0.25, -0.2) is 0 Å². The first-order chi connectivity index (χ1) is 8.58. The van der Waals surface area contributed by atoms with Crippen LogP contribution in [0.1, 0.15) is 31.2 Å². The summed E-state index contributed by atoms with van der Waals surface area (Å²) in [5.74, 6) is 1.54. The van der Waals surface area contributed by atoms with Gasteiger partial charge in [0.2, 0.25) is 0 Å². The maximum atomic E-state index is 6.18. The SMILES string of the molecule is CC(C)Oc1cccc(C(N)c2occc2Br)c1. The van der Waals surface area contributed by atoms with Gasteiger partial charge >= 0.3 is 0 Å². The molecule has 0 aliphatic rings. The Balaban J connectivity index is 2.25. The highest BCUT2D eigenvalue weighted by atomic mass is 79.9. The lowest BCUT2D eigenvalue weighted by molar-refractivity contribution is 0.242. The zero-order chi connectivity index (χ0) is 13.1. The Morgan fingerprint density at radius 1 is 1.28 bits per heavy atom. The standard InChI is InChI=1S/C14H16BrNO2/c1-9(2)18-11-5-3-4-10(8-11)13(16)14-12(15)6-7-17-14/h3-9,13H,16H2,1-2H3. The van der Waals surface area contributed by atoms with Crippen LogP contribution in [0.25, 0.3) is 0 Å². The smallest absolute Gasteiger partial charge is 0.139 e. The molecular weight excluding hydrogens is 294 g/mol. The fourth-order valence-corrected chi connectivity index (χ4v) is 2.18. The average molecular weight is 310 g/mol. The Morgan fingerprint density at radius 2 is 2.06 bits per heavy atom. The van der Waals surface area contributed by atoms with Crippen LogP contribution in [-0.4, -0.2) is 6.10 Å². The molecule has 1 aromatic carbocycles. The molecule has 0 aliphatic carbocycles. The van der Waals surface area contributed by atoms with Crippen molar-refractivity contribution in [2.24, 2.45) is 5.73 Å². The van der Waals surface area contributed by atoms with Crippen molar-refractivity contribution in [3.05, 3.63) is 52.4 Å². The van der Waals surface area contributed by atoms with E-state index in [0.29, 0.717) is 0 Å². The highest BCUT2D eigenvalue weighted by Gasteiger charge is 2.16. The van der Waals surface area contributed by atoms with Crippen molar-refractivity contribution < 1.29 is 9.15 Å². The van der Waals surface area contributed by atoms with Crippen LogP contribution in [0.4, 0.5) is 0 Å². The highest BCUT2D eigenvalue weighted by molar-refractivity contribution is 9.10. The molecule has 0 radical (unpaired) electrons. The van der Waals surface area contributed by atoms with E-state index >= 15 is 0 Å². The summed E-state index contributed by atoms with van der Waals surface area (Å²) < 4.78 is 11.9. The van der Waals surface area contributed by atoms with E-state index in [1.165, 1.54) is 0 Å². The summed E-state index contributed by atoms with van der Waals surface area (Å²) in [7, 11) is 0. The predicted octanol–water partition coefficient (Wildman–Crippen LogP) is 3.88. The van der Waals surface area contributed by atoms with Crippen LogP contribution in [0, 0.1) is 0 Å². The third-order valence-corrected chi connectivity index (χ3v) is 3.17. The highest BCUT2D eigenvalue weighted by Crippen LogP contribution is 2.29. The maximum Gasteiger partial charge on any atom is 0.139 e. The fourth-order valence-electron chi connectivity index (χ4n) is 1.73. The number of ether oxygens (including phenoxy) is 1. The first kappa shape index (κ1) is 13.2. The number of hydrogen-bond donors (Lipinski definition) is 1. The van der Waals surface area contributed by atoms with Crippen molar-refractivity contribution in [2.75, 3.05) is 0 Å². The van der Waals surface area contributed by atoms with Crippen LogP contribution in [0.3, 0.4) is 0 Å². The topological polar surface area (TPSA) is 48.4 Å². The van der Waals surface area contributed by atoms with E-state index in [9.17, 15) is 0 Å². The van der Waals surface area contributed by atoms with E-state index in [1.807, 2.05) is 44.2 Å². The summed E-state index contributed by atoms with van der Waals surface area (Å²) in [6.07, 6.45) is 1.76. The molecule has 96 valence electrons. The second kappa shape index (κ2) is 5.59. The Kier molecular flexibility index (Phi) is 4.09. The van der Waals surface area contributed by atoms with Crippen molar-refractivity contribution in [3.8, 4) is 5.75 Å². The molecule has 0 amide bonds. The minimum Gasteiger partial charge on any atom is -0.491 e. The molecule has 2 rings (SSSR count).